The third kappa shape index (κ3) is 3.38. The Labute approximate surface area is 116 Å². The van der Waals surface area contributed by atoms with E-state index in [1.807, 2.05) is 36.4 Å². The van der Waals surface area contributed by atoms with Crippen LogP contribution >= 0.6 is 21.0 Å². The van der Waals surface area contributed by atoms with E-state index in [0.717, 1.165) is 30.7 Å². The van der Waals surface area contributed by atoms with Crippen LogP contribution in [0.5, 0.6) is 11.5 Å². The first-order valence-electron chi connectivity index (χ1n) is 5.33. The highest BCUT2D eigenvalue weighted by atomic mass is 35.5. The number of ether oxygens (including phenoxy) is 2. The predicted molar refractivity (Wildman–Crippen MR) is 79.4 cm³/mol. The highest BCUT2D eigenvalue weighted by molar-refractivity contribution is 7.56. The van der Waals surface area contributed by atoms with Crippen LogP contribution in [-0.4, -0.2) is 14.2 Å². The van der Waals surface area contributed by atoms with E-state index in [9.17, 15) is 0 Å². The van der Waals surface area contributed by atoms with Gasteiger partial charge in [0.2, 0.25) is 0 Å². The lowest BCUT2D eigenvalue weighted by atomic mass is 10.3. The maximum absolute atomic E-state index is 5.34. The van der Waals surface area contributed by atoms with Crippen molar-refractivity contribution in [2.24, 2.45) is 0 Å². The van der Waals surface area contributed by atoms with Crippen LogP contribution < -0.4 is 20.1 Å². The summed E-state index contributed by atoms with van der Waals surface area (Å²) in [5.41, 5.74) is 0. The standard InChI is InChI=1S/C14H14O2P.ClH/c1-15-11-7-3-5-9-13(11)17-14-10-6-4-8-12(14)16-2;/h3-10H,1-2H3;1H. The summed E-state index contributed by atoms with van der Waals surface area (Å²) in [7, 11) is 4.47. The topological polar surface area (TPSA) is 18.5 Å². The minimum atomic E-state index is 0. The molecule has 0 saturated heterocycles. The Bertz CT molecular complexity index is 457. The van der Waals surface area contributed by atoms with Gasteiger partial charge in [-0.25, -0.2) is 0 Å². The molecule has 1 radical (unpaired) electrons. The third-order valence-corrected chi connectivity index (χ3v) is 3.63. The van der Waals surface area contributed by atoms with Crippen LogP contribution in [0.4, 0.5) is 0 Å². The number of hydrogen-bond donors (Lipinski definition) is 0. The van der Waals surface area contributed by atoms with Gasteiger partial charge in [0.25, 0.3) is 0 Å². The first-order valence-corrected chi connectivity index (χ1v) is 6.22. The molecular formula is C14H15ClO2P. The molecule has 0 aliphatic heterocycles. The number of para-hydroxylation sites is 2. The zero-order chi connectivity index (χ0) is 12.1. The zero-order valence-electron chi connectivity index (χ0n) is 10.3. The van der Waals surface area contributed by atoms with Crippen molar-refractivity contribution in [1.82, 2.24) is 0 Å². The van der Waals surface area contributed by atoms with Gasteiger partial charge in [0.05, 0.1) is 14.2 Å². The van der Waals surface area contributed by atoms with E-state index in [2.05, 4.69) is 12.1 Å². The molecule has 4 heteroatoms. The molecule has 0 atom stereocenters. The minimum absolute atomic E-state index is 0. The molecule has 95 valence electrons. The lowest BCUT2D eigenvalue weighted by molar-refractivity contribution is 0.417. The van der Waals surface area contributed by atoms with Crippen molar-refractivity contribution in [1.29, 1.82) is 0 Å². The van der Waals surface area contributed by atoms with Gasteiger partial charge >= 0.3 is 0 Å². The molecule has 0 fully saturated rings. The van der Waals surface area contributed by atoms with E-state index in [0.29, 0.717) is 0 Å². The van der Waals surface area contributed by atoms with E-state index in [4.69, 9.17) is 9.47 Å². The summed E-state index contributed by atoms with van der Waals surface area (Å²) in [5, 5.41) is 2.28. The molecule has 0 spiro atoms. The van der Waals surface area contributed by atoms with Gasteiger partial charge in [0.1, 0.15) is 11.5 Å². The summed E-state index contributed by atoms with van der Waals surface area (Å²) in [4.78, 5) is 0. The first kappa shape index (κ1) is 14.8. The van der Waals surface area contributed by atoms with E-state index >= 15 is 0 Å². The lowest BCUT2D eigenvalue weighted by Gasteiger charge is -2.10. The molecule has 2 nitrogen and oxygen atoms in total. The number of halogens is 1. The van der Waals surface area contributed by atoms with Crippen molar-refractivity contribution >= 4 is 31.6 Å². The maximum Gasteiger partial charge on any atom is 0.127 e. The summed E-state index contributed by atoms with van der Waals surface area (Å²) < 4.78 is 10.7. The Hall–Kier alpha value is -1.24. The Kier molecular flexibility index (Phi) is 5.97. The molecule has 0 aromatic heterocycles. The van der Waals surface area contributed by atoms with Gasteiger partial charge in [-0.2, -0.15) is 0 Å². The fourth-order valence-electron chi connectivity index (χ4n) is 1.57. The van der Waals surface area contributed by atoms with Crippen molar-refractivity contribution in [2.45, 2.75) is 0 Å². The second-order valence-electron chi connectivity index (χ2n) is 3.46. The van der Waals surface area contributed by atoms with E-state index in [1.165, 1.54) is 0 Å². The monoisotopic (exact) mass is 281 g/mol. The predicted octanol–water partition coefficient (Wildman–Crippen LogP) is 3.02. The summed E-state index contributed by atoms with van der Waals surface area (Å²) in [6.07, 6.45) is 0. The first-order chi connectivity index (χ1) is 8.35. The van der Waals surface area contributed by atoms with Crippen molar-refractivity contribution in [3.05, 3.63) is 48.5 Å². The molecular weight excluding hydrogens is 267 g/mol. The normalized spacial score (nSPS) is 9.44. The van der Waals surface area contributed by atoms with E-state index in [-0.39, 0.29) is 12.4 Å². The van der Waals surface area contributed by atoms with Crippen LogP contribution in [0.25, 0.3) is 0 Å². The Balaban J connectivity index is 0.00000162. The smallest absolute Gasteiger partial charge is 0.127 e. The SMILES string of the molecule is COc1ccccc1[P]c1ccccc1OC.Cl. The molecule has 2 aromatic carbocycles. The van der Waals surface area contributed by atoms with E-state index in [1.54, 1.807) is 14.2 Å². The Morgan fingerprint density at radius 3 is 1.50 bits per heavy atom. The van der Waals surface area contributed by atoms with Gasteiger partial charge in [-0.05, 0) is 20.7 Å². The molecule has 0 aliphatic carbocycles. The largest absolute Gasteiger partial charge is 0.496 e. The van der Waals surface area contributed by atoms with Crippen molar-refractivity contribution < 1.29 is 9.47 Å². The molecule has 18 heavy (non-hydrogen) atoms. The fourth-order valence-corrected chi connectivity index (χ4v) is 2.71. The van der Waals surface area contributed by atoms with Gasteiger partial charge in [-0.15, -0.1) is 12.4 Å². The molecule has 0 N–H and O–H groups in total. The number of benzene rings is 2. The van der Waals surface area contributed by atoms with Gasteiger partial charge in [-0.3, -0.25) is 0 Å². The van der Waals surface area contributed by atoms with Gasteiger partial charge in [0.15, 0.2) is 0 Å². The average molecular weight is 282 g/mol. The van der Waals surface area contributed by atoms with Crippen molar-refractivity contribution in [2.75, 3.05) is 14.2 Å². The molecule has 0 aliphatic rings. The van der Waals surface area contributed by atoms with Gasteiger partial charge < -0.3 is 9.47 Å². The van der Waals surface area contributed by atoms with Crippen LogP contribution in [-0.2, 0) is 0 Å². The average Bonchev–Trinajstić information content (AvgIpc) is 2.40. The van der Waals surface area contributed by atoms with Crippen LogP contribution in [0, 0.1) is 0 Å². The summed E-state index contributed by atoms with van der Waals surface area (Å²) in [6, 6.07) is 16.0. The van der Waals surface area contributed by atoms with Crippen LogP contribution in [0.15, 0.2) is 48.5 Å². The number of methoxy groups -OCH3 is 2. The number of rotatable bonds is 4. The summed E-state index contributed by atoms with van der Waals surface area (Å²) in [5.74, 6) is 1.81. The van der Waals surface area contributed by atoms with Crippen molar-refractivity contribution in [3.63, 3.8) is 0 Å². The summed E-state index contributed by atoms with van der Waals surface area (Å²) >= 11 is 0. The zero-order valence-corrected chi connectivity index (χ0v) is 12.0. The van der Waals surface area contributed by atoms with Crippen LogP contribution in [0.1, 0.15) is 0 Å². The van der Waals surface area contributed by atoms with Crippen LogP contribution in [0.3, 0.4) is 0 Å². The lowest BCUT2D eigenvalue weighted by Crippen LogP contribution is -2.08. The molecule has 2 rings (SSSR count). The van der Waals surface area contributed by atoms with Gasteiger partial charge in [-0.1, -0.05) is 36.4 Å². The number of hydrogen-bond acceptors (Lipinski definition) is 2. The van der Waals surface area contributed by atoms with E-state index < -0.39 is 0 Å². The molecule has 0 saturated carbocycles. The highest BCUT2D eigenvalue weighted by Gasteiger charge is 2.07. The minimum Gasteiger partial charge on any atom is -0.496 e. The Morgan fingerprint density at radius 1 is 0.722 bits per heavy atom. The molecule has 0 bridgehead atoms. The van der Waals surface area contributed by atoms with Crippen LogP contribution in [0.2, 0.25) is 0 Å². The second-order valence-corrected chi connectivity index (χ2v) is 4.64. The highest BCUT2D eigenvalue weighted by Crippen LogP contribution is 2.23. The molecule has 2 aromatic rings. The molecule has 0 heterocycles. The Morgan fingerprint density at radius 2 is 1.11 bits per heavy atom. The second kappa shape index (κ2) is 7.25. The molecule has 0 amide bonds. The maximum atomic E-state index is 5.34. The van der Waals surface area contributed by atoms with Gasteiger partial charge in [0, 0.05) is 10.6 Å². The fraction of sp³-hybridized carbons (Fsp3) is 0.143. The van der Waals surface area contributed by atoms with Crippen molar-refractivity contribution in [3.8, 4) is 11.5 Å². The third-order valence-electron chi connectivity index (χ3n) is 2.41. The summed E-state index contributed by atoms with van der Waals surface area (Å²) in [6.45, 7) is 0. The molecule has 0 unspecified atom stereocenters. The quantitative estimate of drug-likeness (QED) is 0.802.